The maximum atomic E-state index is 13.0. The van der Waals surface area contributed by atoms with E-state index < -0.39 is 0 Å². The maximum absolute atomic E-state index is 13.0. The van der Waals surface area contributed by atoms with Crippen molar-refractivity contribution in [2.24, 2.45) is 11.8 Å². The largest absolute Gasteiger partial charge is 0.512 e. The summed E-state index contributed by atoms with van der Waals surface area (Å²) >= 11 is 1.81. The Kier molecular flexibility index (Phi) is 6.55. The highest BCUT2D eigenvalue weighted by molar-refractivity contribution is 7.99. The molecule has 0 saturated heterocycles. The number of aliphatic hydroxyl groups is 1. The third-order valence-corrected chi connectivity index (χ3v) is 6.99. The first-order valence-corrected chi connectivity index (χ1v) is 11.0. The zero-order valence-electron chi connectivity index (χ0n) is 17.6. The third kappa shape index (κ3) is 4.77. The number of ketones is 1. The number of carbonyl (C=O) groups is 1. The summed E-state index contributed by atoms with van der Waals surface area (Å²) in [5.74, 6) is 4.25. The number of terminal acetylenes is 1. The van der Waals surface area contributed by atoms with Crippen molar-refractivity contribution in [3.8, 4) is 12.3 Å². The fourth-order valence-corrected chi connectivity index (χ4v) is 5.08. The molecule has 0 heterocycles. The molecule has 29 heavy (non-hydrogen) atoms. The number of aryl methyl sites for hydroxylation is 3. The maximum Gasteiger partial charge on any atom is 0.167 e. The van der Waals surface area contributed by atoms with E-state index in [0.29, 0.717) is 29.9 Å². The second-order valence-corrected chi connectivity index (χ2v) is 9.26. The van der Waals surface area contributed by atoms with Crippen molar-refractivity contribution in [2.75, 3.05) is 5.75 Å². The van der Waals surface area contributed by atoms with Gasteiger partial charge < -0.3 is 5.11 Å². The van der Waals surface area contributed by atoms with Gasteiger partial charge in [0, 0.05) is 34.6 Å². The van der Waals surface area contributed by atoms with Gasteiger partial charge >= 0.3 is 0 Å². The normalized spacial score (nSPS) is 17.9. The van der Waals surface area contributed by atoms with Gasteiger partial charge in [-0.1, -0.05) is 36.6 Å². The molecular weight excluding hydrogens is 376 g/mol. The van der Waals surface area contributed by atoms with Gasteiger partial charge in [-0.3, -0.25) is 4.79 Å². The van der Waals surface area contributed by atoms with Gasteiger partial charge in [0.25, 0.3) is 0 Å². The summed E-state index contributed by atoms with van der Waals surface area (Å²) < 4.78 is 0. The molecule has 0 fully saturated rings. The Balaban J connectivity index is 1.78. The van der Waals surface area contributed by atoms with E-state index in [1.807, 2.05) is 26.0 Å². The molecule has 3 rings (SSSR count). The van der Waals surface area contributed by atoms with Crippen molar-refractivity contribution in [3.63, 3.8) is 0 Å². The van der Waals surface area contributed by atoms with Gasteiger partial charge in [-0.15, -0.1) is 18.2 Å². The van der Waals surface area contributed by atoms with Crippen molar-refractivity contribution in [2.45, 2.75) is 45.4 Å². The van der Waals surface area contributed by atoms with Crippen LogP contribution in [0.1, 0.15) is 47.6 Å². The predicted molar refractivity (Wildman–Crippen MR) is 122 cm³/mol. The highest BCUT2D eigenvalue weighted by atomic mass is 32.2. The van der Waals surface area contributed by atoms with Crippen LogP contribution in [0.15, 0.2) is 47.1 Å². The van der Waals surface area contributed by atoms with E-state index in [1.165, 1.54) is 10.5 Å². The predicted octanol–water partition coefficient (Wildman–Crippen LogP) is 6.27. The number of hydrogen-bond donors (Lipinski definition) is 1. The molecule has 1 aliphatic rings. The number of carbonyl (C=O) groups excluding carboxylic acids is 1. The minimum atomic E-state index is -0.00520. The Morgan fingerprint density at radius 2 is 1.83 bits per heavy atom. The Labute approximate surface area is 178 Å². The topological polar surface area (TPSA) is 37.3 Å². The molecule has 3 heteroatoms. The minimum absolute atomic E-state index is 0.00520. The Morgan fingerprint density at radius 1 is 1.14 bits per heavy atom. The molecule has 2 atom stereocenters. The summed E-state index contributed by atoms with van der Waals surface area (Å²) in [6.07, 6.45) is 6.67. The average Bonchev–Trinajstić information content (AvgIpc) is 2.67. The van der Waals surface area contributed by atoms with Crippen molar-refractivity contribution >= 4 is 23.1 Å². The molecule has 0 aliphatic heterocycles. The molecule has 0 aromatic heterocycles. The number of thioether (sulfide) groups is 1. The van der Waals surface area contributed by atoms with Crippen molar-refractivity contribution in [1.82, 2.24) is 0 Å². The van der Waals surface area contributed by atoms with Crippen LogP contribution in [0.25, 0.3) is 5.57 Å². The van der Waals surface area contributed by atoms with Crippen LogP contribution < -0.4 is 0 Å². The van der Waals surface area contributed by atoms with Crippen molar-refractivity contribution < 1.29 is 9.90 Å². The number of rotatable bonds is 5. The molecule has 0 bridgehead atoms. The lowest BCUT2D eigenvalue weighted by Gasteiger charge is -2.29. The fraction of sp³-hybridized carbons (Fsp3) is 0.346. The van der Waals surface area contributed by atoms with Gasteiger partial charge in [-0.05, 0) is 61.9 Å². The summed E-state index contributed by atoms with van der Waals surface area (Å²) in [4.78, 5) is 14.3. The van der Waals surface area contributed by atoms with Crippen LogP contribution in [-0.2, 0) is 4.79 Å². The first-order chi connectivity index (χ1) is 13.8. The minimum Gasteiger partial charge on any atom is -0.512 e. The van der Waals surface area contributed by atoms with E-state index in [0.717, 1.165) is 22.4 Å². The molecule has 0 radical (unpaired) electrons. The fourth-order valence-electron chi connectivity index (χ4n) is 4.02. The Morgan fingerprint density at radius 3 is 2.45 bits per heavy atom. The van der Waals surface area contributed by atoms with E-state index in [2.05, 4.69) is 44.0 Å². The molecule has 2 aromatic carbocycles. The summed E-state index contributed by atoms with van der Waals surface area (Å²) in [6, 6.07) is 12.4. The Bertz CT molecular complexity index is 993. The summed E-state index contributed by atoms with van der Waals surface area (Å²) in [7, 11) is 0. The lowest BCUT2D eigenvalue weighted by molar-refractivity contribution is -0.115. The first-order valence-electron chi connectivity index (χ1n) is 10.0. The molecule has 0 amide bonds. The van der Waals surface area contributed by atoms with Crippen LogP contribution in [-0.4, -0.2) is 16.6 Å². The zero-order chi connectivity index (χ0) is 21.1. The van der Waals surface area contributed by atoms with Crippen molar-refractivity contribution in [1.29, 1.82) is 0 Å². The van der Waals surface area contributed by atoms with E-state index >= 15 is 0 Å². The molecule has 150 valence electrons. The van der Waals surface area contributed by atoms with Gasteiger partial charge in [0.2, 0.25) is 0 Å². The molecular formula is C26H28O2S. The second kappa shape index (κ2) is 8.93. The van der Waals surface area contributed by atoms with E-state index in [9.17, 15) is 9.90 Å². The molecule has 2 nitrogen and oxygen atoms in total. The highest BCUT2D eigenvalue weighted by Gasteiger charge is 2.33. The zero-order valence-corrected chi connectivity index (χ0v) is 18.4. The van der Waals surface area contributed by atoms with E-state index in [1.54, 1.807) is 11.8 Å². The lowest BCUT2D eigenvalue weighted by Crippen LogP contribution is -2.25. The van der Waals surface area contributed by atoms with Gasteiger partial charge in [-0.2, -0.15) is 0 Å². The van der Waals surface area contributed by atoms with Crippen LogP contribution >= 0.6 is 11.8 Å². The smallest absolute Gasteiger partial charge is 0.167 e. The van der Waals surface area contributed by atoms with Crippen LogP contribution in [0.2, 0.25) is 0 Å². The number of benzene rings is 2. The molecule has 0 spiro atoms. The van der Waals surface area contributed by atoms with Crippen molar-refractivity contribution in [3.05, 3.63) is 70.0 Å². The number of hydrogen-bond acceptors (Lipinski definition) is 3. The molecule has 2 aromatic rings. The average molecular weight is 405 g/mol. The lowest BCUT2D eigenvalue weighted by atomic mass is 9.77. The molecule has 2 unspecified atom stereocenters. The van der Waals surface area contributed by atoms with Crippen LogP contribution in [0.4, 0.5) is 0 Å². The van der Waals surface area contributed by atoms with E-state index in [-0.39, 0.29) is 17.5 Å². The monoisotopic (exact) mass is 404 g/mol. The van der Waals surface area contributed by atoms with Gasteiger partial charge in [0.05, 0.1) is 5.57 Å². The third-order valence-electron chi connectivity index (χ3n) is 5.69. The number of allylic oxidation sites excluding steroid dienone is 2. The first kappa shape index (κ1) is 21.3. The summed E-state index contributed by atoms with van der Waals surface area (Å²) in [5.41, 5.74) is 5.07. The number of Topliss-reactive ketones (excluding diaryl/α,β-unsaturated/α-hetero) is 1. The number of aliphatic hydroxyl groups excluding tert-OH is 1. The van der Waals surface area contributed by atoms with Crippen LogP contribution in [0.5, 0.6) is 0 Å². The standard InChI is InChI=1S/C26H28O2S/c1-6-20-12-17(3)11-18(4)25(20)26-23(27)13-21(14-24(26)28)19(5)15-29-22-9-7-16(2)8-10-22/h1,7-12,19,21,27H,13-15H2,2-5H3. The molecule has 1 N–H and O–H groups in total. The SMILES string of the molecule is C#Cc1cc(C)cc(C)c1C1=C(O)CC(C(C)CSc2ccc(C)cc2)CC1=O. The second-order valence-electron chi connectivity index (χ2n) is 8.16. The van der Waals surface area contributed by atoms with E-state index in [4.69, 9.17) is 6.42 Å². The van der Waals surface area contributed by atoms with Crippen LogP contribution in [0, 0.1) is 45.0 Å². The summed E-state index contributed by atoms with van der Waals surface area (Å²) in [6.45, 7) is 8.18. The highest BCUT2D eigenvalue weighted by Crippen LogP contribution is 2.39. The van der Waals surface area contributed by atoms with Gasteiger partial charge in [-0.25, -0.2) is 0 Å². The van der Waals surface area contributed by atoms with Gasteiger partial charge in [0.1, 0.15) is 5.76 Å². The molecule has 1 aliphatic carbocycles. The quantitative estimate of drug-likeness (QED) is 0.471. The molecule has 0 saturated carbocycles. The summed E-state index contributed by atoms with van der Waals surface area (Å²) in [5, 5.41) is 10.8. The Hall–Kier alpha value is -2.44. The van der Waals surface area contributed by atoms with Gasteiger partial charge in [0.15, 0.2) is 5.78 Å². The van der Waals surface area contributed by atoms with Crippen LogP contribution in [0.3, 0.4) is 0 Å².